The van der Waals surface area contributed by atoms with Gasteiger partial charge in [-0.05, 0) is 25.7 Å². The molecule has 1 nitrogen and oxygen atoms in total. The van der Waals surface area contributed by atoms with E-state index in [0.29, 0.717) is 18.1 Å². The summed E-state index contributed by atoms with van der Waals surface area (Å²) in [7, 11) is 0. The average Bonchev–Trinajstić information content (AvgIpc) is 1.86. The Morgan fingerprint density at radius 2 is 2.09 bits per heavy atom. The normalized spacial score (nSPS) is 13.7. The minimum Gasteiger partial charge on any atom is -0.300 e. The van der Waals surface area contributed by atoms with Crippen molar-refractivity contribution in [3.63, 3.8) is 0 Å². The maximum absolute atomic E-state index is 10.7. The zero-order chi connectivity index (χ0) is 8.69. The van der Waals surface area contributed by atoms with Crippen LogP contribution >= 0.6 is 0 Å². The first kappa shape index (κ1) is 10.4. The molecule has 0 saturated heterocycles. The van der Waals surface area contributed by atoms with Crippen molar-refractivity contribution in [2.45, 2.75) is 40.0 Å². The van der Waals surface area contributed by atoms with Gasteiger partial charge in [0.1, 0.15) is 5.78 Å². The molecule has 0 spiro atoms. The average molecular weight is 154 g/mol. The van der Waals surface area contributed by atoms with E-state index in [4.69, 9.17) is 0 Å². The third-order valence-corrected chi connectivity index (χ3v) is 1.58. The van der Waals surface area contributed by atoms with Gasteiger partial charge < -0.3 is 4.79 Å². The number of allylic oxidation sites excluding steroid dienone is 2. The molecule has 0 N–H and O–H groups in total. The van der Waals surface area contributed by atoms with Crippen molar-refractivity contribution in [1.29, 1.82) is 0 Å². The molecule has 0 aromatic rings. The Bertz CT molecular complexity index is 136. The Balaban J connectivity index is 3.44. The van der Waals surface area contributed by atoms with Crippen molar-refractivity contribution in [1.82, 2.24) is 0 Å². The maximum Gasteiger partial charge on any atom is 0.130 e. The van der Waals surface area contributed by atoms with Crippen LogP contribution < -0.4 is 0 Å². The van der Waals surface area contributed by atoms with Gasteiger partial charge in [-0.25, -0.2) is 0 Å². The number of carbonyl (C=O) groups excluding carboxylic acids is 1. The van der Waals surface area contributed by atoms with Crippen LogP contribution in [-0.4, -0.2) is 5.78 Å². The summed E-state index contributed by atoms with van der Waals surface area (Å²) in [5.41, 5.74) is 0. The molecule has 0 aromatic heterocycles. The molecule has 0 aliphatic carbocycles. The predicted molar refractivity (Wildman–Crippen MR) is 48.5 cm³/mol. The molecule has 0 aliphatic rings. The number of hydrogen-bond acceptors (Lipinski definition) is 1. The molecule has 1 unspecified atom stereocenters. The van der Waals surface area contributed by atoms with Gasteiger partial charge in [-0.1, -0.05) is 26.0 Å². The monoisotopic (exact) mass is 154 g/mol. The fraction of sp³-hybridized carbons (Fsp3) is 0.700. The molecule has 11 heavy (non-hydrogen) atoms. The summed E-state index contributed by atoms with van der Waals surface area (Å²) >= 11 is 0. The van der Waals surface area contributed by atoms with Crippen LogP contribution in [0.25, 0.3) is 0 Å². The van der Waals surface area contributed by atoms with Crippen LogP contribution in [0, 0.1) is 5.92 Å². The van der Waals surface area contributed by atoms with E-state index in [1.165, 1.54) is 0 Å². The number of carbonyl (C=O) groups is 1. The van der Waals surface area contributed by atoms with Gasteiger partial charge in [-0.3, -0.25) is 0 Å². The first-order valence-corrected chi connectivity index (χ1v) is 4.31. The van der Waals surface area contributed by atoms with Gasteiger partial charge in [-0.2, -0.15) is 0 Å². The second-order valence-electron chi connectivity index (χ2n) is 3.13. The first-order valence-electron chi connectivity index (χ1n) is 4.31. The van der Waals surface area contributed by atoms with Gasteiger partial charge in [0.05, 0.1) is 0 Å². The van der Waals surface area contributed by atoms with Gasteiger partial charge in [0, 0.05) is 6.42 Å². The molecule has 1 atom stereocenters. The van der Waals surface area contributed by atoms with Gasteiger partial charge in [-0.15, -0.1) is 0 Å². The van der Waals surface area contributed by atoms with Gasteiger partial charge in [0.2, 0.25) is 0 Å². The number of rotatable bonds is 5. The SMILES string of the molecule is CC/C=C/CC(C)CC(C)=O. The Hall–Kier alpha value is -0.590. The number of ketones is 1. The smallest absolute Gasteiger partial charge is 0.130 e. The molecule has 0 aliphatic heterocycles. The lowest BCUT2D eigenvalue weighted by atomic mass is 10.0. The fourth-order valence-corrected chi connectivity index (χ4v) is 1.07. The van der Waals surface area contributed by atoms with Crippen LogP contribution in [-0.2, 0) is 4.79 Å². The Morgan fingerprint density at radius 3 is 2.55 bits per heavy atom. The largest absolute Gasteiger partial charge is 0.300 e. The van der Waals surface area contributed by atoms with Crippen molar-refractivity contribution in [3.8, 4) is 0 Å². The Labute approximate surface area is 69.5 Å². The minimum atomic E-state index is 0.294. The summed E-state index contributed by atoms with van der Waals surface area (Å²) in [6, 6.07) is 0. The van der Waals surface area contributed by atoms with Crippen LogP contribution in [0.5, 0.6) is 0 Å². The van der Waals surface area contributed by atoms with Crippen molar-refractivity contribution in [2.75, 3.05) is 0 Å². The van der Waals surface area contributed by atoms with Crippen LogP contribution in [0.1, 0.15) is 40.0 Å². The molecular weight excluding hydrogens is 136 g/mol. The second-order valence-corrected chi connectivity index (χ2v) is 3.13. The lowest BCUT2D eigenvalue weighted by Crippen LogP contribution is -1.99. The zero-order valence-electron chi connectivity index (χ0n) is 7.76. The summed E-state index contributed by atoms with van der Waals surface area (Å²) in [5, 5.41) is 0. The lowest BCUT2D eigenvalue weighted by molar-refractivity contribution is -0.117. The van der Waals surface area contributed by atoms with Crippen LogP contribution in [0.2, 0.25) is 0 Å². The molecular formula is C10H18O. The lowest BCUT2D eigenvalue weighted by Gasteiger charge is -2.03. The molecule has 0 radical (unpaired) electrons. The number of hydrogen-bond donors (Lipinski definition) is 0. The van der Waals surface area contributed by atoms with Gasteiger partial charge in [0.15, 0.2) is 0 Å². The molecule has 0 fully saturated rings. The van der Waals surface area contributed by atoms with Crippen molar-refractivity contribution < 1.29 is 4.79 Å². The van der Waals surface area contributed by atoms with Crippen molar-refractivity contribution >= 4 is 5.78 Å². The summed E-state index contributed by atoms with van der Waals surface area (Å²) in [5.74, 6) is 0.803. The summed E-state index contributed by atoms with van der Waals surface area (Å²) in [4.78, 5) is 10.7. The van der Waals surface area contributed by atoms with E-state index in [9.17, 15) is 4.79 Å². The van der Waals surface area contributed by atoms with E-state index < -0.39 is 0 Å². The summed E-state index contributed by atoms with van der Waals surface area (Å²) in [6.07, 6.45) is 7.15. The standard InChI is InChI=1S/C10H18O/c1-4-5-6-7-9(2)8-10(3)11/h5-6,9H,4,7-8H2,1-3H3/b6-5+. The summed E-state index contributed by atoms with van der Waals surface area (Å²) < 4.78 is 0. The predicted octanol–water partition coefficient (Wildman–Crippen LogP) is 2.96. The van der Waals surface area contributed by atoms with Gasteiger partial charge in [0.25, 0.3) is 0 Å². The van der Waals surface area contributed by atoms with E-state index in [1.54, 1.807) is 6.92 Å². The second kappa shape index (κ2) is 6.14. The highest BCUT2D eigenvalue weighted by molar-refractivity contribution is 5.75. The summed E-state index contributed by atoms with van der Waals surface area (Å²) in [6.45, 7) is 5.88. The first-order chi connectivity index (χ1) is 5.16. The van der Waals surface area contributed by atoms with E-state index in [2.05, 4.69) is 26.0 Å². The molecule has 0 rings (SSSR count). The molecule has 64 valence electrons. The zero-order valence-corrected chi connectivity index (χ0v) is 7.76. The topological polar surface area (TPSA) is 17.1 Å². The molecule has 0 heterocycles. The van der Waals surface area contributed by atoms with E-state index in [-0.39, 0.29) is 0 Å². The molecule has 0 saturated carbocycles. The highest BCUT2D eigenvalue weighted by Crippen LogP contribution is 2.08. The van der Waals surface area contributed by atoms with E-state index >= 15 is 0 Å². The quantitative estimate of drug-likeness (QED) is 0.556. The molecule has 0 amide bonds. The Morgan fingerprint density at radius 1 is 1.45 bits per heavy atom. The van der Waals surface area contributed by atoms with E-state index in [1.807, 2.05) is 0 Å². The highest BCUT2D eigenvalue weighted by Gasteiger charge is 2.01. The van der Waals surface area contributed by atoms with Gasteiger partial charge >= 0.3 is 0 Å². The maximum atomic E-state index is 10.7. The highest BCUT2D eigenvalue weighted by atomic mass is 16.1. The third kappa shape index (κ3) is 7.31. The molecule has 0 aromatic carbocycles. The minimum absolute atomic E-state index is 0.294. The molecule has 1 heteroatoms. The number of Topliss-reactive ketones (excluding diaryl/α,β-unsaturated/α-hetero) is 1. The van der Waals surface area contributed by atoms with Crippen molar-refractivity contribution in [3.05, 3.63) is 12.2 Å². The third-order valence-electron chi connectivity index (χ3n) is 1.58. The Kier molecular flexibility index (Phi) is 5.81. The van der Waals surface area contributed by atoms with E-state index in [0.717, 1.165) is 12.8 Å². The molecule has 0 bridgehead atoms. The fourth-order valence-electron chi connectivity index (χ4n) is 1.07. The van der Waals surface area contributed by atoms with Crippen LogP contribution in [0.15, 0.2) is 12.2 Å². The van der Waals surface area contributed by atoms with Crippen LogP contribution in [0.4, 0.5) is 0 Å². The van der Waals surface area contributed by atoms with Crippen LogP contribution in [0.3, 0.4) is 0 Å². The van der Waals surface area contributed by atoms with Crippen molar-refractivity contribution in [2.24, 2.45) is 5.92 Å².